The minimum Gasteiger partial charge on any atom is -0.321 e. The third kappa shape index (κ3) is 3.49. The molecule has 1 N–H and O–H groups in total. The van der Waals surface area contributed by atoms with Crippen molar-refractivity contribution in [3.8, 4) is 0 Å². The van der Waals surface area contributed by atoms with Gasteiger partial charge in [-0.05, 0) is 43.2 Å². The molecule has 5 nitrogen and oxygen atoms in total. The summed E-state index contributed by atoms with van der Waals surface area (Å²) < 4.78 is 39.5. The van der Waals surface area contributed by atoms with E-state index in [0.29, 0.717) is 12.8 Å². The van der Waals surface area contributed by atoms with Crippen LogP contribution in [0.4, 0.5) is 24.5 Å². The summed E-state index contributed by atoms with van der Waals surface area (Å²) in [6, 6.07) is 10.4. The molecule has 1 saturated heterocycles. The molecule has 0 unspecified atom stereocenters. The highest BCUT2D eigenvalue weighted by Crippen LogP contribution is 2.38. The van der Waals surface area contributed by atoms with E-state index in [9.17, 15) is 27.6 Å². The highest BCUT2D eigenvalue weighted by atomic mass is 19.4. The lowest BCUT2D eigenvalue weighted by Crippen LogP contribution is -2.31. The largest absolute Gasteiger partial charge is 0.418 e. The van der Waals surface area contributed by atoms with E-state index in [-0.39, 0.29) is 28.8 Å². The van der Waals surface area contributed by atoms with E-state index in [1.807, 2.05) is 12.2 Å². The lowest BCUT2D eigenvalue weighted by molar-refractivity contribution is -0.137. The fourth-order valence-corrected chi connectivity index (χ4v) is 3.87. The number of fused-ring (bicyclic) bond motifs is 1. The molecule has 0 bridgehead atoms. The van der Waals surface area contributed by atoms with Crippen LogP contribution in [0.1, 0.15) is 28.8 Å². The van der Waals surface area contributed by atoms with Crippen molar-refractivity contribution in [3.63, 3.8) is 0 Å². The molecule has 2 atom stereocenters. The van der Waals surface area contributed by atoms with E-state index in [4.69, 9.17) is 0 Å². The number of nitrogens with zero attached hydrogens (tertiary/aromatic N) is 1. The summed E-state index contributed by atoms with van der Waals surface area (Å²) in [5.41, 5.74) is -1.06. The van der Waals surface area contributed by atoms with E-state index in [1.54, 1.807) is 0 Å². The van der Waals surface area contributed by atoms with E-state index < -0.39 is 29.5 Å². The SMILES string of the molecule is O=C(Nc1ccccc1C(F)(F)F)c1cccc(N2C(=O)[C@H]3CC=CC[C@@H]3C2=O)c1. The molecule has 2 aromatic carbocycles. The molecule has 0 spiro atoms. The third-order valence-electron chi connectivity index (χ3n) is 5.35. The number of halogens is 3. The monoisotopic (exact) mass is 414 g/mol. The Labute approximate surface area is 170 Å². The summed E-state index contributed by atoms with van der Waals surface area (Å²) >= 11 is 0. The molecule has 30 heavy (non-hydrogen) atoms. The number of carbonyl (C=O) groups excluding carboxylic acids is 3. The van der Waals surface area contributed by atoms with Crippen LogP contribution in [-0.4, -0.2) is 17.7 Å². The van der Waals surface area contributed by atoms with Crippen LogP contribution in [0.2, 0.25) is 0 Å². The van der Waals surface area contributed by atoms with Crippen molar-refractivity contribution < 1.29 is 27.6 Å². The summed E-state index contributed by atoms with van der Waals surface area (Å²) in [4.78, 5) is 39.1. The Kier molecular flexibility index (Phi) is 4.93. The van der Waals surface area contributed by atoms with Gasteiger partial charge in [0.1, 0.15) is 0 Å². The molecule has 1 aliphatic heterocycles. The number of benzene rings is 2. The molecule has 8 heteroatoms. The molecule has 4 rings (SSSR count). The number of carbonyl (C=O) groups is 3. The van der Waals surface area contributed by atoms with Gasteiger partial charge in [-0.3, -0.25) is 19.3 Å². The van der Waals surface area contributed by atoms with Crippen molar-refractivity contribution in [2.75, 3.05) is 10.2 Å². The molecule has 0 aromatic heterocycles. The number of hydrogen-bond acceptors (Lipinski definition) is 3. The van der Waals surface area contributed by atoms with Gasteiger partial charge in [0.15, 0.2) is 0 Å². The van der Waals surface area contributed by atoms with Crippen LogP contribution in [0, 0.1) is 11.8 Å². The van der Waals surface area contributed by atoms with Crippen molar-refractivity contribution in [1.29, 1.82) is 0 Å². The molecule has 0 saturated carbocycles. The Morgan fingerprint density at radius 2 is 1.57 bits per heavy atom. The molecule has 2 aliphatic rings. The molecular formula is C22H17F3N2O3. The van der Waals surface area contributed by atoms with Crippen molar-refractivity contribution in [2.24, 2.45) is 11.8 Å². The number of nitrogens with one attached hydrogen (secondary N) is 1. The number of allylic oxidation sites excluding steroid dienone is 2. The Morgan fingerprint density at radius 1 is 0.933 bits per heavy atom. The molecular weight excluding hydrogens is 397 g/mol. The van der Waals surface area contributed by atoms with E-state index in [2.05, 4.69) is 5.32 Å². The molecule has 1 aliphatic carbocycles. The topological polar surface area (TPSA) is 66.5 Å². The fraction of sp³-hybridized carbons (Fsp3) is 0.227. The zero-order chi connectivity index (χ0) is 21.5. The van der Waals surface area contributed by atoms with Crippen LogP contribution >= 0.6 is 0 Å². The van der Waals surface area contributed by atoms with Gasteiger partial charge in [0.2, 0.25) is 11.8 Å². The van der Waals surface area contributed by atoms with Crippen LogP contribution in [0.15, 0.2) is 60.7 Å². The highest BCUT2D eigenvalue weighted by molar-refractivity contribution is 6.22. The molecule has 2 aromatic rings. The number of para-hydroxylation sites is 1. The minimum absolute atomic E-state index is 0.0399. The molecule has 154 valence electrons. The third-order valence-corrected chi connectivity index (χ3v) is 5.35. The van der Waals surface area contributed by atoms with Crippen LogP contribution in [-0.2, 0) is 15.8 Å². The molecule has 0 radical (unpaired) electrons. The van der Waals surface area contributed by atoms with Gasteiger partial charge in [0, 0.05) is 5.56 Å². The van der Waals surface area contributed by atoms with Gasteiger partial charge >= 0.3 is 6.18 Å². The van der Waals surface area contributed by atoms with Gasteiger partial charge in [0.25, 0.3) is 5.91 Å². The van der Waals surface area contributed by atoms with Crippen molar-refractivity contribution in [3.05, 3.63) is 71.8 Å². The smallest absolute Gasteiger partial charge is 0.321 e. The van der Waals surface area contributed by atoms with Crippen LogP contribution < -0.4 is 10.2 Å². The Bertz CT molecular complexity index is 1040. The van der Waals surface area contributed by atoms with E-state index >= 15 is 0 Å². The van der Waals surface area contributed by atoms with Gasteiger partial charge in [-0.1, -0.05) is 30.4 Å². The number of hydrogen-bond donors (Lipinski definition) is 1. The predicted octanol–water partition coefficient (Wildman–Crippen LogP) is 4.41. The van der Waals surface area contributed by atoms with Crippen molar-refractivity contribution in [1.82, 2.24) is 0 Å². The second-order valence-electron chi connectivity index (χ2n) is 7.22. The maximum Gasteiger partial charge on any atom is 0.418 e. The zero-order valence-electron chi connectivity index (χ0n) is 15.6. The first-order valence-corrected chi connectivity index (χ1v) is 9.38. The summed E-state index contributed by atoms with van der Waals surface area (Å²) in [6.45, 7) is 0. The molecule has 3 amide bonds. The second-order valence-corrected chi connectivity index (χ2v) is 7.22. The average Bonchev–Trinajstić information content (AvgIpc) is 2.98. The highest BCUT2D eigenvalue weighted by Gasteiger charge is 2.47. The van der Waals surface area contributed by atoms with Crippen molar-refractivity contribution >= 4 is 29.1 Å². The van der Waals surface area contributed by atoms with Gasteiger partial charge in [0.05, 0.1) is 28.8 Å². The van der Waals surface area contributed by atoms with Crippen LogP contribution in [0.3, 0.4) is 0 Å². The standard InChI is InChI=1S/C22H17F3N2O3/c23-22(24,25)17-10-3-4-11-18(17)26-19(28)13-6-5-7-14(12-13)27-20(29)15-8-1-2-9-16(15)21(27)30/h1-7,10-12,15-16H,8-9H2,(H,26,28)/t15-,16-/m0/s1. The number of alkyl halides is 3. The summed E-state index contributed by atoms with van der Waals surface area (Å²) in [5.74, 6) is -2.26. The van der Waals surface area contributed by atoms with Gasteiger partial charge in [-0.15, -0.1) is 0 Å². The quantitative estimate of drug-likeness (QED) is 0.598. The Morgan fingerprint density at radius 3 is 2.20 bits per heavy atom. The van der Waals surface area contributed by atoms with E-state index in [0.717, 1.165) is 17.0 Å². The fourth-order valence-electron chi connectivity index (χ4n) is 3.87. The van der Waals surface area contributed by atoms with E-state index in [1.165, 1.54) is 36.4 Å². The Hall–Kier alpha value is -3.42. The maximum absolute atomic E-state index is 13.2. The minimum atomic E-state index is -4.62. The lowest BCUT2D eigenvalue weighted by Gasteiger charge is -2.16. The van der Waals surface area contributed by atoms with Gasteiger partial charge in [-0.25, -0.2) is 0 Å². The van der Waals surface area contributed by atoms with Crippen LogP contribution in [0.5, 0.6) is 0 Å². The molecule has 1 fully saturated rings. The maximum atomic E-state index is 13.2. The Balaban J connectivity index is 1.60. The normalized spacial score (nSPS) is 21.0. The van der Waals surface area contributed by atoms with Gasteiger partial charge < -0.3 is 5.32 Å². The van der Waals surface area contributed by atoms with Crippen molar-refractivity contribution in [2.45, 2.75) is 19.0 Å². The first kappa shape index (κ1) is 19.9. The zero-order valence-corrected chi connectivity index (χ0v) is 15.6. The second kappa shape index (κ2) is 7.44. The summed E-state index contributed by atoms with van der Waals surface area (Å²) in [5, 5.41) is 2.27. The number of anilines is 2. The first-order valence-electron chi connectivity index (χ1n) is 9.38. The number of rotatable bonds is 3. The lowest BCUT2D eigenvalue weighted by atomic mass is 9.85. The summed E-state index contributed by atoms with van der Waals surface area (Å²) in [6.07, 6.45) is 0.0976. The first-order chi connectivity index (χ1) is 14.3. The number of imide groups is 1. The average molecular weight is 414 g/mol. The molecule has 1 heterocycles. The van der Waals surface area contributed by atoms with Gasteiger partial charge in [-0.2, -0.15) is 13.2 Å². The summed E-state index contributed by atoms with van der Waals surface area (Å²) in [7, 11) is 0. The predicted molar refractivity (Wildman–Crippen MR) is 104 cm³/mol. The number of amides is 3. The van der Waals surface area contributed by atoms with Crippen LogP contribution in [0.25, 0.3) is 0 Å².